The summed E-state index contributed by atoms with van der Waals surface area (Å²) in [7, 11) is 1.40. The molecule has 28 heavy (non-hydrogen) atoms. The van der Waals surface area contributed by atoms with E-state index in [9.17, 15) is 22.8 Å². The molecule has 0 bridgehead atoms. The third-order valence-electron chi connectivity index (χ3n) is 3.53. The molecule has 2 rings (SSSR count). The molecule has 0 aliphatic heterocycles. The molecule has 2 N–H and O–H groups in total. The molecule has 10 heteroatoms. The number of methoxy groups -OCH3 is 1. The van der Waals surface area contributed by atoms with E-state index >= 15 is 0 Å². The van der Waals surface area contributed by atoms with Gasteiger partial charge >= 0.3 is 12.1 Å². The summed E-state index contributed by atoms with van der Waals surface area (Å²) in [6.07, 6.45) is -5.00. The Kier molecular flexibility index (Phi) is 6.63. The molecule has 0 heterocycles. The van der Waals surface area contributed by atoms with Gasteiger partial charge in [0.05, 0.1) is 18.4 Å². The average Bonchev–Trinajstić information content (AvgIpc) is 2.65. The Balaban J connectivity index is 2.16. The monoisotopic (exact) mass is 413 g/mol. The van der Waals surface area contributed by atoms with Crippen molar-refractivity contribution in [3.63, 3.8) is 0 Å². The van der Waals surface area contributed by atoms with E-state index in [1.807, 2.05) is 0 Å². The van der Waals surface area contributed by atoms with Crippen LogP contribution in [0.15, 0.2) is 47.6 Å². The number of nitrogens with zero attached hydrogens (tertiary/aromatic N) is 1. The van der Waals surface area contributed by atoms with Gasteiger partial charge in [0, 0.05) is 10.7 Å². The first-order valence-corrected chi connectivity index (χ1v) is 8.16. The molecule has 0 aliphatic carbocycles. The summed E-state index contributed by atoms with van der Waals surface area (Å²) in [5.41, 5.74) is 3.14. The molecule has 0 aliphatic rings. The van der Waals surface area contributed by atoms with Crippen molar-refractivity contribution in [2.75, 3.05) is 12.4 Å². The first-order valence-electron chi connectivity index (χ1n) is 7.78. The Hall–Kier alpha value is -3.07. The normalized spacial score (nSPS) is 11.7. The minimum absolute atomic E-state index is 0.0581. The summed E-state index contributed by atoms with van der Waals surface area (Å²) in [4.78, 5) is 23.3. The third kappa shape index (κ3) is 5.46. The largest absolute Gasteiger partial charge is 0.496 e. The number of benzene rings is 2. The molecule has 0 saturated heterocycles. The zero-order chi connectivity index (χ0) is 20.9. The van der Waals surface area contributed by atoms with Crippen molar-refractivity contribution in [3.05, 3.63) is 58.6 Å². The maximum atomic E-state index is 12.4. The second-order valence-electron chi connectivity index (χ2n) is 5.52. The van der Waals surface area contributed by atoms with Gasteiger partial charge in [0.1, 0.15) is 5.75 Å². The van der Waals surface area contributed by atoms with E-state index in [1.54, 1.807) is 24.4 Å². The summed E-state index contributed by atoms with van der Waals surface area (Å²) in [5, 5.41) is 6.01. The van der Waals surface area contributed by atoms with E-state index in [1.165, 1.54) is 37.4 Å². The standard InChI is InChI=1S/C18H15ClF3N3O3/c1-10(11-4-3-5-13(8-11)23-17(27)18(20,21)22)24-25-16(26)14-9-12(19)6-7-15(14)28-2/h3-9H,1-2H3,(H,23,27)(H,25,26). The van der Waals surface area contributed by atoms with Crippen LogP contribution in [0.4, 0.5) is 18.9 Å². The van der Waals surface area contributed by atoms with Crippen molar-refractivity contribution in [3.8, 4) is 5.75 Å². The lowest BCUT2D eigenvalue weighted by Crippen LogP contribution is -2.29. The van der Waals surface area contributed by atoms with Gasteiger partial charge in [0.15, 0.2) is 0 Å². The Morgan fingerprint density at radius 1 is 1.14 bits per heavy atom. The number of rotatable bonds is 5. The highest BCUT2D eigenvalue weighted by atomic mass is 35.5. The Morgan fingerprint density at radius 2 is 1.86 bits per heavy atom. The van der Waals surface area contributed by atoms with Gasteiger partial charge in [-0.3, -0.25) is 9.59 Å². The van der Waals surface area contributed by atoms with Gasteiger partial charge in [-0.25, -0.2) is 5.43 Å². The van der Waals surface area contributed by atoms with Crippen LogP contribution < -0.4 is 15.5 Å². The van der Waals surface area contributed by atoms with Crippen LogP contribution in [0.25, 0.3) is 0 Å². The molecule has 6 nitrogen and oxygen atoms in total. The molecule has 0 unspecified atom stereocenters. The number of nitrogens with one attached hydrogen (secondary N) is 2. The van der Waals surface area contributed by atoms with Crippen LogP contribution in [0.5, 0.6) is 5.75 Å². The van der Waals surface area contributed by atoms with Crippen molar-refractivity contribution >= 4 is 34.8 Å². The summed E-state index contributed by atoms with van der Waals surface area (Å²) in [6, 6.07) is 10.1. The number of halogens is 4. The van der Waals surface area contributed by atoms with Crippen LogP contribution in [-0.4, -0.2) is 30.8 Å². The number of anilines is 1. The minimum Gasteiger partial charge on any atom is -0.496 e. The van der Waals surface area contributed by atoms with Crippen molar-refractivity contribution < 1.29 is 27.5 Å². The molecule has 0 atom stereocenters. The van der Waals surface area contributed by atoms with Crippen LogP contribution in [0.1, 0.15) is 22.8 Å². The van der Waals surface area contributed by atoms with Crippen LogP contribution in [0, 0.1) is 0 Å². The van der Waals surface area contributed by atoms with Gasteiger partial charge in [-0.15, -0.1) is 0 Å². The predicted molar refractivity (Wildman–Crippen MR) is 98.8 cm³/mol. The molecule has 148 valence electrons. The number of hydrazone groups is 1. The van der Waals surface area contributed by atoms with E-state index < -0.39 is 18.0 Å². The van der Waals surface area contributed by atoms with Gasteiger partial charge in [0.25, 0.3) is 5.91 Å². The van der Waals surface area contributed by atoms with E-state index in [2.05, 4.69) is 10.5 Å². The highest BCUT2D eigenvalue weighted by molar-refractivity contribution is 6.31. The lowest BCUT2D eigenvalue weighted by molar-refractivity contribution is -0.167. The van der Waals surface area contributed by atoms with E-state index in [-0.39, 0.29) is 11.3 Å². The smallest absolute Gasteiger partial charge is 0.471 e. The molecule has 2 amide bonds. The maximum absolute atomic E-state index is 12.4. The van der Waals surface area contributed by atoms with Crippen LogP contribution in [0.2, 0.25) is 5.02 Å². The number of ether oxygens (including phenoxy) is 1. The Bertz CT molecular complexity index is 930. The zero-order valence-corrected chi connectivity index (χ0v) is 15.5. The number of amides is 2. The molecule has 0 fully saturated rings. The third-order valence-corrected chi connectivity index (χ3v) is 3.76. The molecule has 2 aromatic rings. The van der Waals surface area contributed by atoms with Crippen LogP contribution in [0.3, 0.4) is 0 Å². The fourth-order valence-corrected chi connectivity index (χ4v) is 2.31. The topological polar surface area (TPSA) is 79.8 Å². The molecular formula is C18H15ClF3N3O3. The predicted octanol–water partition coefficient (Wildman–Crippen LogP) is 4.00. The summed E-state index contributed by atoms with van der Waals surface area (Å²) in [6.45, 7) is 1.54. The van der Waals surface area contributed by atoms with Gasteiger partial charge in [-0.05, 0) is 42.8 Å². The summed E-state index contributed by atoms with van der Waals surface area (Å²) >= 11 is 5.88. The van der Waals surface area contributed by atoms with E-state index in [4.69, 9.17) is 16.3 Å². The zero-order valence-electron chi connectivity index (χ0n) is 14.7. The SMILES string of the molecule is COc1ccc(Cl)cc1C(=O)NN=C(C)c1cccc(NC(=O)C(F)(F)F)c1. The van der Waals surface area contributed by atoms with E-state index in [0.29, 0.717) is 22.0 Å². The Morgan fingerprint density at radius 3 is 2.50 bits per heavy atom. The number of alkyl halides is 3. The molecular weight excluding hydrogens is 399 g/mol. The van der Waals surface area contributed by atoms with Gasteiger partial charge in [-0.1, -0.05) is 23.7 Å². The molecule has 0 aromatic heterocycles. The van der Waals surface area contributed by atoms with Crippen LogP contribution >= 0.6 is 11.6 Å². The van der Waals surface area contributed by atoms with Gasteiger partial charge < -0.3 is 10.1 Å². The minimum atomic E-state index is -5.00. The van der Waals surface area contributed by atoms with E-state index in [0.717, 1.165) is 0 Å². The Labute approximate surface area is 163 Å². The highest BCUT2D eigenvalue weighted by Gasteiger charge is 2.38. The van der Waals surface area contributed by atoms with Crippen molar-refractivity contribution in [2.24, 2.45) is 5.10 Å². The maximum Gasteiger partial charge on any atom is 0.471 e. The summed E-state index contributed by atoms with van der Waals surface area (Å²) in [5.74, 6) is -2.37. The van der Waals surface area contributed by atoms with Gasteiger partial charge in [-0.2, -0.15) is 18.3 Å². The number of carbonyl (C=O) groups is 2. The first kappa shape index (κ1) is 21.2. The molecule has 0 saturated carbocycles. The van der Waals surface area contributed by atoms with Crippen LogP contribution in [-0.2, 0) is 4.79 Å². The van der Waals surface area contributed by atoms with Gasteiger partial charge in [0.2, 0.25) is 0 Å². The number of hydrogen-bond acceptors (Lipinski definition) is 4. The number of hydrogen-bond donors (Lipinski definition) is 2. The highest BCUT2D eigenvalue weighted by Crippen LogP contribution is 2.22. The molecule has 2 aromatic carbocycles. The van der Waals surface area contributed by atoms with Crippen molar-refractivity contribution in [1.29, 1.82) is 0 Å². The molecule has 0 spiro atoms. The average molecular weight is 414 g/mol. The fraction of sp³-hybridized carbons (Fsp3) is 0.167. The quantitative estimate of drug-likeness (QED) is 0.574. The lowest BCUT2D eigenvalue weighted by atomic mass is 10.1. The van der Waals surface area contributed by atoms with Crippen molar-refractivity contribution in [2.45, 2.75) is 13.1 Å². The lowest BCUT2D eigenvalue weighted by Gasteiger charge is -2.10. The first-order chi connectivity index (χ1) is 13.1. The summed E-state index contributed by atoms with van der Waals surface area (Å²) < 4.78 is 42.1. The number of carbonyl (C=O) groups excluding carboxylic acids is 2. The van der Waals surface area contributed by atoms with Crippen molar-refractivity contribution in [1.82, 2.24) is 5.43 Å². The fourth-order valence-electron chi connectivity index (χ4n) is 2.14. The second kappa shape index (κ2) is 8.75. The second-order valence-corrected chi connectivity index (χ2v) is 5.95. The molecule has 0 radical (unpaired) electrons.